The van der Waals surface area contributed by atoms with Gasteiger partial charge in [-0.05, 0) is 25.0 Å². The van der Waals surface area contributed by atoms with E-state index < -0.39 is 0 Å². The normalized spacial score (nSPS) is 10.3. The van der Waals surface area contributed by atoms with E-state index in [1.54, 1.807) is 18.0 Å². The molecule has 0 unspecified atom stereocenters. The molecule has 1 N–H and O–H groups in total. The number of hydrogen-bond donors (Lipinski definition) is 1. The molecule has 1 aromatic heterocycles. The molecule has 3 nitrogen and oxygen atoms in total. The number of nitrogens with zero attached hydrogens (tertiary/aromatic N) is 1. The van der Waals surface area contributed by atoms with E-state index in [1.165, 1.54) is 0 Å². The summed E-state index contributed by atoms with van der Waals surface area (Å²) < 4.78 is 5.57. The molecule has 0 aliphatic carbocycles. The third-order valence-corrected chi connectivity index (χ3v) is 2.81. The van der Waals surface area contributed by atoms with Crippen LogP contribution >= 0.6 is 11.8 Å². The standard InChI is InChI=1S/C11H17NO2S/c1-2-8-14-10-5-3-6-12-11(10)15-9-4-7-13/h3,5-6,13H,2,4,7-9H2,1H3. The molecule has 15 heavy (non-hydrogen) atoms. The maximum Gasteiger partial charge on any atom is 0.151 e. The smallest absolute Gasteiger partial charge is 0.151 e. The molecule has 4 heteroatoms. The van der Waals surface area contributed by atoms with Crippen LogP contribution in [-0.2, 0) is 0 Å². The van der Waals surface area contributed by atoms with Crippen molar-refractivity contribution in [2.45, 2.75) is 24.8 Å². The van der Waals surface area contributed by atoms with E-state index in [-0.39, 0.29) is 6.61 Å². The summed E-state index contributed by atoms with van der Waals surface area (Å²) >= 11 is 1.63. The topological polar surface area (TPSA) is 42.4 Å². The van der Waals surface area contributed by atoms with Crippen LogP contribution in [0.1, 0.15) is 19.8 Å². The number of thioether (sulfide) groups is 1. The van der Waals surface area contributed by atoms with Crippen molar-refractivity contribution in [3.05, 3.63) is 18.3 Å². The van der Waals surface area contributed by atoms with E-state index in [9.17, 15) is 0 Å². The van der Waals surface area contributed by atoms with Crippen molar-refractivity contribution in [1.82, 2.24) is 4.98 Å². The summed E-state index contributed by atoms with van der Waals surface area (Å²) in [6.07, 6.45) is 3.55. The van der Waals surface area contributed by atoms with Gasteiger partial charge in [0.2, 0.25) is 0 Å². The van der Waals surface area contributed by atoms with E-state index in [4.69, 9.17) is 9.84 Å². The highest BCUT2D eigenvalue weighted by molar-refractivity contribution is 7.99. The summed E-state index contributed by atoms with van der Waals surface area (Å²) in [5.74, 6) is 1.72. The molecule has 0 atom stereocenters. The molecule has 0 saturated heterocycles. The van der Waals surface area contributed by atoms with Crippen LogP contribution in [0.3, 0.4) is 0 Å². The van der Waals surface area contributed by atoms with Crippen molar-refractivity contribution in [3.8, 4) is 5.75 Å². The molecule has 0 amide bonds. The molecule has 0 aromatic carbocycles. The van der Waals surface area contributed by atoms with Crippen LogP contribution in [-0.4, -0.2) is 29.1 Å². The van der Waals surface area contributed by atoms with Crippen LogP contribution in [0.4, 0.5) is 0 Å². The first kappa shape index (κ1) is 12.3. The number of aliphatic hydroxyl groups is 1. The second kappa shape index (κ2) is 7.54. The monoisotopic (exact) mass is 227 g/mol. The largest absolute Gasteiger partial charge is 0.491 e. The number of rotatable bonds is 7. The van der Waals surface area contributed by atoms with Gasteiger partial charge in [-0.2, -0.15) is 0 Å². The van der Waals surface area contributed by atoms with Crippen LogP contribution < -0.4 is 4.74 Å². The quantitative estimate of drug-likeness (QED) is 0.573. The second-order valence-corrected chi connectivity index (χ2v) is 4.16. The zero-order chi connectivity index (χ0) is 10.9. The van der Waals surface area contributed by atoms with Crippen molar-refractivity contribution < 1.29 is 9.84 Å². The Morgan fingerprint density at radius 3 is 3.13 bits per heavy atom. The Hall–Kier alpha value is -0.740. The third-order valence-electron chi connectivity index (χ3n) is 1.74. The Kier molecular flexibility index (Phi) is 6.20. The van der Waals surface area contributed by atoms with Gasteiger partial charge in [0.15, 0.2) is 5.75 Å². The first-order chi connectivity index (χ1) is 7.38. The first-order valence-electron chi connectivity index (χ1n) is 5.20. The van der Waals surface area contributed by atoms with Gasteiger partial charge in [0, 0.05) is 18.6 Å². The third kappa shape index (κ3) is 4.53. The second-order valence-electron chi connectivity index (χ2n) is 3.08. The minimum Gasteiger partial charge on any atom is -0.491 e. The lowest BCUT2D eigenvalue weighted by Crippen LogP contribution is -1.98. The molecule has 0 aliphatic heterocycles. The highest BCUT2D eigenvalue weighted by Crippen LogP contribution is 2.26. The fourth-order valence-electron chi connectivity index (χ4n) is 1.04. The predicted octanol–water partition coefficient (Wildman–Crippen LogP) is 2.34. The van der Waals surface area contributed by atoms with Gasteiger partial charge in [0.25, 0.3) is 0 Å². The lowest BCUT2D eigenvalue weighted by molar-refractivity contribution is 0.296. The molecule has 1 rings (SSSR count). The van der Waals surface area contributed by atoms with E-state index in [0.717, 1.165) is 36.0 Å². The molecule has 84 valence electrons. The number of ether oxygens (including phenoxy) is 1. The van der Waals surface area contributed by atoms with Crippen LogP contribution in [0, 0.1) is 0 Å². The van der Waals surface area contributed by atoms with E-state index >= 15 is 0 Å². The number of aromatic nitrogens is 1. The predicted molar refractivity (Wildman–Crippen MR) is 62.4 cm³/mol. The molecular formula is C11H17NO2S. The average Bonchev–Trinajstić information content (AvgIpc) is 2.28. The van der Waals surface area contributed by atoms with E-state index in [1.807, 2.05) is 12.1 Å². The van der Waals surface area contributed by atoms with Crippen molar-refractivity contribution in [3.63, 3.8) is 0 Å². The maximum atomic E-state index is 8.69. The van der Waals surface area contributed by atoms with Gasteiger partial charge < -0.3 is 9.84 Å². The molecule has 1 aromatic rings. The molecule has 0 fully saturated rings. The van der Waals surface area contributed by atoms with Crippen molar-refractivity contribution >= 4 is 11.8 Å². The van der Waals surface area contributed by atoms with Gasteiger partial charge in [-0.15, -0.1) is 11.8 Å². The van der Waals surface area contributed by atoms with E-state index in [2.05, 4.69) is 11.9 Å². The molecule has 0 saturated carbocycles. The zero-order valence-electron chi connectivity index (χ0n) is 8.98. The van der Waals surface area contributed by atoms with Crippen LogP contribution in [0.15, 0.2) is 23.4 Å². The van der Waals surface area contributed by atoms with Crippen LogP contribution in [0.25, 0.3) is 0 Å². The lowest BCUT2D eigenvalue weighted by atomic mass is 10.4. The van der Waals surface area contributed by atoms with Gasteiger partial charge in [0.05, 0.1) is 6.61 Å². The Bertz CT molecular complexity index is 281. The summed E-state index contributed by atoms with van der Waals surface area (Å²) in [7, 11) is 0. The molecular weight excluding hydrogens is 210 g/mol. The van der Waals surface area contributed by atoms with E-state index in [0.29, 0.717) is 0 Å². The minimum atomic E-state index is 0.227. The molecule has 0 spiro atoms. The summed E-state index contributed by atoms with van der Waals surface area (Å²) in [6.45, 7) is 3.03. The molecule has 0 radical (unpaired) electrons. The summed E-state index contributed by atoms with van der Waals surface area (Å²) in [6, 6.07) is 3.81. The van der Waals surface area contributed by atoms with Crippen molar-refractivity contribution in [2.24, 2.45) is 0 Å². The van der Waals surface area contributed by atoms with Gasteiger partial charge in [-0.25, -0.2) is 4.98 Å². The van der Waals surface area contributed by atoms with Crippen LogP contribution in [0.2, 0.25) is 0 Å². The Balaban J connectivity index is 2.52. The van der Waals surface area contributed by atoms with Gasteiger partial charge in [0.1, 0.15) is 5.03 Å². The average molecular weight is 227 g/mol. The highest BCUT2D eigenvalue weighted by atomic mass is 32.2. The molecule has 0 aliphatic rings. The molecule has 0 bridgehead atoms. The maximum absolute atomic E-state index is 8.69. The lowest BCUT2D eigenvalue weighted by Gasteiger charge is -2.08. The fraction of sp³-hybridized carbons (Fsp3) is 0.545. The van der Waals surface area contributed by atoms with Crippen LogP contribution in [0.5, 0.6) is 5.75 Å². The van der Waals surface area contributed by atoms with Crippen molar-refractivity contribution in [1.29, 1.82) is 0 Å². The Morgan fingerprint density at radius 2 is 2.40 bits per heavy atom. The summed E-state index contributed by atoms with van der Waals surface area (Å²) in [5, 5.41) is 9.61. The zero-order valence-corrected chi connectivity index (χ0v) is 9.80. The fourth-order valence-corrected chi connectivity index (χ4v) is 1.91. The minimum absolute atomic E-state index is 0.227. The molecule has 1 heterocycles. The first-order valence-corrected chi connectivity index (χ1v) is 6.18. The van der Waals surface area contributed by atoms with Gasteiger partial charge in [-0.1, -0.05) is 6.92 Å². The Labute approximate surface area is 94.9 Å². The summed E-state index contributed by atoms with van der Waals surface area (Å²) in [4.78, 5) is 4.26. The number of hydrogen-bond acceptors (Lipinski definition) is 4. The van der Waals surface area contributed by atoms with Gasteiger partial charge in [-0.3, -0.25) is 0 Å². The Morgan fingerprint density at radius 1 is 1.53 bits per heavy atom. The summed E-state index contributed by atoms with van der Waals surface area (Å²) in [5.41, 5.74) is 0. The number of pyridine rings is 1. The van der Waals surface area contributed by atoms with Gasteiger partial charge >= 0.3 is 0 Å². The SMILES string of the molecule is CCCOc1cccnc1SCCCO. The van der Waals surface area contributed by atoms with Crippen molar-refractivity contribution in [2.75, 3.05) is 19.0 Å². The number of aliphatic hydroxyl groups excluding tert-OH is 1. The highest BCUT2D eigenvalue weighted by Gasteiger charge is 2.04.